The highest BCUT2D eigenvalue weighted by atomic mass is 19.4. The second-order valence-corrected chi connectivity index (χ2v) is 4.72. The van der Waals surface area contributed by atoms with Gasteiger partial charge in [-0.15, -0.1) is 0 Å². The van der Waals surface area contributed by atoms with Crippen LogP contribution in [0.25, 0.3) is 0 Å². The number of aliphatic carboxylic acids is 1. The number of halogens is 3. The number of aryl methyl sites for hydroxylation is 1. The Hall–Kier alpha value is -1.72. The monoisotopic (exact) mass is 274 g/mol. The van der Waals surface area contributed by atoms with Gasteiger partial charge in [0.2, 0.25) is 6.10 Å². The van der Waals surface area contributed by atoms with Crippen LogP contribution in [0.2, 0.25) is 0 Å². The number of fused-ring (bicyclic) bond motifs is 1. The summed E-state index contributed by atoms with van der Waals surface area (Å²) >= 11 is 0. The van der Waals surface area contributed by atoms with Gasteiger partial charge in [0, 0.05) is 0 Å². The van der Waals surface area contributed by atoms with Crippen LogP contribution < -0.4 is 4.74 Å². The molecule has 104 valence electrons. The van der Waals surface area contributed by atoms with E-state index in [0.29, 0.717) is 11.1 Å². The zero-order valence-electron chi connectivity index (χ0n) is 10.4. The van der Waals surface area contributed by atoms with E-state index in [9.17, 15) is 18.0 Å². The molecule has 1 aromatic rings. The Morgan fingerprint density at radius 2 is 2.00 bits per heavy atom. The molecule has 1 N–H and O–H groups in total. The topological polar surface area (TPSA) is 46.5 Å². The van der Waals surface area contributed by atoms with Crippen LogP contribution in [0.3, 0.4) is 0 Å². The van der Waals surface area contributed by atoms with Gasteiger partial charge in [0.05, 0.1) is 0 Å². The smallest absolute Gasteiger partial charge is 0.426 e. The first-order valence-corrected chi connectivity index (χ1v) is 5.77. The number of hydrogen-bond acceptors (Lipinski definition) is 2. The number of hydrogen-bond donors (Lipinski definition) is 1. The minimum absolute atomic E-state index is 0.167. The lowest BCUT2D eigenvalue weighted by Crippen LogP contribution is -2.47. The maximum Gasteiger partial charge on any atom is 0.426 e. The maximum absolute atomic E-state index is 12.9. The first kappa shape index (κ1) is 13.7. The van der Waals surface area contributed by atoms with Crippen LogP contribution in [0.4, 0.5) is 13.2 Å². The fourth-order valence-corrected chi connectivity index (χ4v) is 2.24. The van der Waals surface area contributed by atoms with E-state index in [0.717, 1.165) is 5.56 Å². The van der Waals surface area contributed by atoms with Crippen LogP contribution in [0.1, 0.15) is 16.7 Å². The van der Waals surface area contributed by atoms with E-state index in [1.165, 1.54) is 0 Å². The van der Waals surface area contributed by atoms with E-state index in [4.69, 9.17) is 9.84 Å². The summed E-state index contributed by atoms with van der Waals surface area (Å²) in [5.41, 5.74) is 1.94. The molecule has 0 fully saturated rings. The van der Waals surface area contributed by atoms with Crippen molar-refractivity contribution < 1.29 is 27.8 Å². The second kappa shape index (κ2) is 4.43. The van der Waals surface area contributed by atoms with E-state index < -0.39 is 24.2 Å². The molecule has 0 amide bonds. The first-order chi connectivity index (χ1) is 8.71. The molecule has 0 spiro atoms. The average Bonchev–Trinajstić information content (AvgIpc) is 2.31. The van der Waals surface area contributed by atoms with Gasteiger partial charge in [0.15, 0.2) is 0 Å². The normalized spacial score (nSPS) is 22.6. The van der Waals surface area contributed by atoms with Crippen molar-refractivity contribution >= 4 is 5.97 Å². The van der Waals surface area contributed by atoms with Gasteiger partial charge in [-0.25, -0.2) is 0 Å². The van der Waals surface area contributed by atoms with Crippen LogP contribution in [0.5, 0.6) is 5.75 Å². The SMILES string of the molecule is Cc1ccc2c(c1C)O[C@H](C(F)(F)F)[C@H](C(=O)O)C2. The minimum Gasteiger partial charge on any atom is -0.481 e. The molecule has 0 unspecified atom stereocenters. The molecule has 3 nitrogen and oxygen atoms in total. The molecule has 0 saturated carbocycles. The molecule has 0 aromatic heterocycles. The summed E-state index contributed by atoms with van der Waals surface area (Å²) in [5.74, 6) is -2.93. The summed E-state index contributed by atoms with van der Waals surface area (Å²) < 4.78 is 43.6. The number of ether oxygens (including phenoxy) is 1. The first-order valence-electron chi connectivity index (χ1n) is 5.77. The van der Waals surface area contributed by atoms with Gasteiger partial charge in [0.1, 0.15) is 11.7 Å². The van der Waals surface area contributed by atoms with Gasteiger partial charge in [-0.05, 0) is 37.0 Å². The zero-order valence-corrected chi connectivity index (χ0v) is 10.4. The number of rotatable bonds is 1. The van der Waals surface area contributed by atoms with Crippen LogP contribution in [-0.2, 0) is 11.2 Å². The predicted octanol–water partition coefficient (Wildman–Crippen LogP) is 2.87. The number of benzene rings is 1. The molecule has 2 atom stereocenters. The third-order valence-electron chi connectivity index (χ3n) is 3.45. The van der Waals surface area contributed by atoms with Crippen LogP contribution in [0.15, 0.2) is 12.1 Å². The number of carbonyl (C=O) groups is 1. The molecule has 0 bridgehead atoms. The van der Waals surface area contributed by atoms with Crippen molar-refractivity contribution in [2.75, 3.05) is 0 Å². The van der Waals surface area contributed by atoms with Crippen LogP contribution in [-0.4, -0.2) is 23.4 Å². The van der Waals surface area contributed by atoms with Crippen molar-refractivity contribution in [2.24, 2.45) is 5.92 Å². The van der Waals surface area contributed by atoms with Crippen molar-refractivity contribution in [3.05, 3.63) is 28.8 Å². The van der Waals surface area contributed by atoms with Crippen molar-refractivity contribution in [3.8, 4) is 5.75 Å². The Labute approximate surface area is 108 Å². The molecule has 1 aliphatic heterocycles. The number of carboxylic acids is 1. The molecule has 1 aliphatic rings. The van der Waals surface area contributed by atoms with E-state index in [2.05, 4.69) is 0 Å². The highest BCUT2D eigenvalue weighted by molar-refractivity contribution is 5.72. The summed E-state index contributed by atoms with van der Waals surface area (Å²) in [7, 11) is 0. The largest absolute Gasteiger partial charge is 0.481 e. The van der Waals surface area contributed by atoms with Gasteiger partial charge < -0.3 is 9.84 Å². The Morgan fingerprint density at radius 1 is 1.37 bits per heavy atom. The van der Waals surface area contributed by atoms with Gasteiger partial charge in [-0.1, -0.05) is 12.1 Å². The molecule has 0 radical (unpaired) electrons. The molecule has 2 rings (SSSR count). The molecule has 1 heterocycles. The van der Waals surface area contributed by atoms with E-state index in [1.54, 1.807) is 26.0 Å². The standard InChI is InChI=1S/C13H13F3O3/c1-6-3-4-8-5-9(12(17)18)11(13(14,15)16)19-10(8)7(6)2/h3-4,9,11H,5H2,1-2H3,(H,17,18)/t9-,11+/m1/s1. The van der Waals surface area contributed by atoms with Gasteiger partial charge >= 0.3 is 12.1 Å². The van der Waals surface area contributed by atoms with Crippen molar-refractivity contribution in [3.63, 3.8) is 0 Å². The maximum atomic E-state index is 12.9. The summed E-state index contributed by atoms with van der Waals surface area (Å²) in [5, 5.41) is 8.94. The van der Waals surface area contributed by atoms with E-state index in [-0.39, 0.29) is 12.2 Å². The summed E-state index contributed by atoms with van der Waals surface area (Å²) in [6.45, 7) is 3.44. The fourth-order valence-electron chi connectivity index (χ4n) is 2.24. The molecule has 1 aromatic carbocycles. The van der Waals surface area contributed by atoms with Crippen molar-refractivity contribution in [1.82, 2.24) is 0 Å². The zero-order chi connectivity index (χ0) is 14.4. The van der Waals surface area contributed by atoms with Crippen LogP contribution >= 0.6 is 0 Å². The van der Waals surface area contributed by atoms with Gasteiger partial charge in [-0.2, -0.15) is 13.2 Å². The predicted molar refractivity (Wildman–Crippen MR) is 61.2 cm³/mol. The summed E-state index contributed by atoms with van der Waals surface area (Å²) in [6, 6.07) is 3.38. The lowest BCUT2D eigenvalue weighted by molar-refractivity contribution is -0.217. The Morgan fingerprint density at radius 3 is 2.53 bits per heavy atom. The Balaban J connectivity index is 2.49. The Bertz CT molecular complexity index is 523. The lowest BCUT2D eigenvalue weighted by Gasteiger charge is -2.33. The quantitative estimate of drug-likeness (QED) is 0.856. The minimum atomic E-state index is -4.70. The average molecular weight is 274 g/mol. The van der Waals surface area contributed by atoms with E-state index in [1.807, 2.05) is 0 Å². The molecule has 19 heavy (non-hydrogen) atoms. The van der Waals surface area contributed by atoms with Gasteiger partial charge in [-0.3, -0.25) is 4.79 Å². The highest BCUT2D eigenvalue weighted by Gasteiger charge is 2.52. The Kier molecular flexibility index (Phi) is 3.20. The second-order valence-electron chi connectivity index (χ2n) is 4.72. The highest BCUT2D eigenvalue weighted by Crippen LogP contribution is 2.40. The summed E-state index contributed by atoms with van der Waals surface area (Å²) in [6.07, 6.45) is -7.16. The van der Waals surface area contributed by atoms with Crippen LogP contribution in [0, 0.1) is 19.8 Å². The third kappa shape index (κ3) is 2.39. The number of alkyl halides is 3. The molecule has 0 aliphatic carbocycles. The van der Waals surface area contributed by atoms with E-state index >= 15 is 0 Å². The van der Waals surface area contributed by atoms with Crippen molar-refractivity contribution in [2.45, 2.75) is 32.5 Å². The molecular weight excluding hydrogens is 261 g/mol. The molecule has 0 saturated heterocycles. The van der Waals surface area contributed by atoms with Gasteiger partial charge in [0.25, 0.3) is 0 Å². The summed E-state index contributed by atoms with van der Waals surface area (Å²) in [4.78, 5) is 11.0. The molecule has 6 heteroatoms. The number of carboxylic acid groups (broad SMARTS) is 1. The lowest BCUT2D eigenvalue weighted by atomic mass is 9.88. The fraction of sp³-hybridized carbons (Fsp3) is 0.462. The van der Waals surface area contributed by atoms with Crippen molar-refractivity contribution in [1.29, 1.82) is 0 Å². The molecular formula is C13H13F3O3. The third-order valence-corrected chi connectivity index (χ3v) is 3.45.